The van der Waals surface area contributed by atoms with E-state index in [9.17, 15) is 0 Å². The average molecular weight is 625 g/mol. The van der Waals surface area contributed by atoms with Crippen molar-refractivity contribution < 1.29 is 0 Å². The first-order chi connectivity index (χ1) is 23.7. The summed E-state index contributed by atoms with van der Waals surface area (Å²) in [6, 6.07) is 60.9. The molecule has 0 heterocycles. The van der Waals surface area contributed by atoms with Crippen LogP contribution in [-0.2, 0) is 13.1 Å². The van der Waals surface area contributed by atoms with E-state index in [0.717, 1.165) is 26.2 Å². The Balaban J connectivity index is 1.43. The summed E-state index contributed by atoms with van der Waals surface area (Å²) in [4.78, 5) is 4.87. The number of hydrogen-bond acceptors (Lipinski definition) is 2. The number of anilines is 2. The summed E-state index contributed by atoms with van der Waals surface area (Å²) in [5.41, 5.74) is 12.2. The van der Waals surface area contributed by atoms with E-state index < -0.39 is 0 Å². The van der Waals surface area contributed by atoms with Crippen LogP contribution >= 0.6 is 0 Å². The fraction of sp³-hybridized carbons (Fsp3) is 0.130. The van der Waals surface area contributed by atoms with Crippen LogP contribution < -0.4 is 9.80 Å². The van der Waals surface area contributed by atoms with Crippen LogP contribution in [0.15, 0.2) is 182 Å². The maximum Gasteiger partial charge on any atom is 0.0433 e. The zero-order valence-corrected chi connectivity index (χ0v) is 28.0. The molecule has 0 N–H and O–H groups in total. The van der Waals surface area contributed by atoms with Crippen LogP contribution in [0.25, 0.3) is 11.1 Å². The summed E-state index contributed by atoms with van der Waals surface area (Å²) in [6.45, 7) is 8.05. The summed E-state index contributed by atoms with van der Waals surface area (Å²) < 4.78 is 0. The van der Waals surface area contributed by atoms with Gasteiger partial charge in [0.25, 0.3) is 0 Å². The highest BCUT2D eigenvalue weighted by atomic mass is 15.1. The zero-order chi connectivity index (χ0) is 33.0. The van der Waals surface area contributed by atoms with Crippen molar-refractivity contribution in [3.05, 3.63) is 215 Å². The van der Waals surface area contributed by atoms with Crippen LogP contribution in [0.3, 0.4) is 0 Å². The molecular formula is C46H44N2. The molecule has 48 heavy (non-hydrogen) atoms. The summed E-state index contributed by atoms with van der Waals surface area (Å²) in [7, 11) is 0. The molecule has 0 atom stereocenters. The average Bonchev–Trinajstić information content (AvgIpc) is 3.15. The Bertz CT molecular complexity index is 1820. The molecular weight excluding hydrogens is 581 g/mol. The number of allylic oxidation sites excluding steroid dienone is 2. The van der Waals surface area contributed by atoms with Crippen LogP contribution in [0, 0.1) is 0 Å². The molecule has 0 aliphatic rings. The fourth-order valence-electron chi connectivity index (χ4n) is 6.28. The first-order valence-corrected chi connectivity index (χ1v) is 17.0. The monoisotopic (exact) mass is 624 g/mol. The van der Waals surface area contributed by atoms with Gasteiger partial charge in [-0.05, 0) is 82.6 Å². The second-order valence-electron chi connectivity index (χ2n) is 12.0. The van der Waals surface area contributed by atoms with Gasteiger partial charge in [0.2, 0.25) is 0 Å². The lowest BCUT2D eigenvalue weighted by molar-refractivity contribution is 0.800. The maximum absolute atomic E-state index is 2.46. The van der Waals surface area contributed by atoms with E-state index >= 15 is 0 Å². The Morgan fingerprint density at radius 2 is 0.812 bits per heavy atom. The predicted octanol–water partition coefficient (Wildman–Crippen LogP) is 11.3. The Morgan fingerprint density at radius 3 is 1.29 bits per heavy atom. The first kappa shape index (κ1) is 32.3. The second-order valence-corrected chi connectivity index (χ2v) is 12.0. The molecule has 0 aromatic heterocycles. The summed E-state index contributed by atoms with van der Waals surface area (Å²) in [5.74, 6) is 0. The minimum Gasteiger partial charge on any atom is -0.372 e. The summed E-state index contributed by atoms with van der Waals surface area (Å²) in [6.07, 6.45) is 4.59. The lowest BCUT2D eigenvalue weighted by Crippen LogP contribution is -2.22. The Labute approximate surface area is 287 Å². The van der Waals surface area contributed by atoms with E-state index in [1.807, 2.05) is 0 Å². The van der Waals surface area contributed by atoms with E-state index in [2.05, 4.69) is 206 Å². The normalized spacial score (nSPS) is 11.2. The van der Waals surface area contributed by atoms with Gasteiger partial charge in [0.05, 0.1) is 0 Å². The Hall–Kier alpha value is -5.60. The van der Waals surface area contributed by atoms with Gasteiger partial charge in [-0.25, -0.2) is 0 Å². The van der Waals surface area contributed by atoms with E-state index in [1.54, 1.807) is 0 Å². The second kappa shape index (κ2) is 16.3. The highest BCUT2D eigenvalue weighted by Crippen LogP contribution is 2.31. The van der Waals surface area contributed by atoms with Crippen LogP contribution in [0.2, 0.25) is 0 Å². The highest BCUT2D eigenvalue weighted by molar-refractivity contribution is 5.87. The van der Waals surface area contributed by atoms with E-state index in [-0.39, 0.29) is 0 Å². The SMILES string of the molecule is CCN(CC)c1cccc(/C(=C/C=C(c2ccccc2)c2ccccc2)c2ccc(N(Cc3ccccc3)Cc3ccccc3)cc2)c1. The van der Waals surface area contributed by atoms with Gasteiger partial charge in [0, 0.05) is 37.6 Å². The lowest BCUT2D eigenvalue weighted by atomic mass is 9.93. The van der Waals surface area contributed by atoms with Gasteiger partial charge >= 0.3 is 0 Å². The standard InChI is InChI=1S/C46H44N2/c1-3-47(4-2)44-27-17-26-42(34-44)46(33-32-45(39-22-13-7-14-23-39)40-24-15-8-16-25-40)41-28-30-43(31-29-41)48(35-37-18-9-5-10-19-37)36-38-20-11-6-12-21-38/h5-34H,3-4,35-36H2,1-2H3/b46-33+. The van der Waals surface area contributed by atoms with E-state index in [0.29, 0.717) is 0 Å². The van der Waals surface area contributed by atoms with Crippen molar-refractivity contribution in [2.24, 2.45) is 0 Å². The van der Waals surface area contributed by atoms with Crippen LogP contribution in [0.5, 0.6) is 0 Å². The van der Waals surface area contributed by atoms with Crippen LogP contribution in [0.4, 0.5) is 11.4 Å². The molecule has 6 aromatic rings. The van der Waals surface area contributed by atoms with Gasteiger partial charge in [-0.1, -0.05) is 158 Å². The van der Waals surface area contributed by atoms with Crippen LogP contribution in [-0.4, -0.2) is 13.1 Å². The number of benzene rings is 6. The molecule has 2 nitrogen and oxygen atoms in total. The van der Waals surface area contributed by atoms with Gasteiger partial charge in [0.15, 0.2) is 0 Å². The highest BCUT2D eigenvalue weighted by Gasteiger charge is 2.13. The van der Waals surface area contributed by atoms with Crippen molar-refractivity contribution in [1.82, 2.24) is 0 Å². The predicted molar refractivity (Wildman–Crippen MR) is 206 cm³/mol. The van der Waals surface area contributed by atoms with E-state index in [4.69, 9.17) is 0 Å². The fourth-order valence-corrected chi connectivity index (χ4v) is 6.28. The Morgan fingerprint density at radius 1 is 0.396 bits per heavy atom. The molecule has 0 aliphatic carbocycles. The minimum atomic E-state index is 0.837. The molecule has 0 bridgehead atoms. The number of nitrogens with zero attached hydrogens (tertiary/aromatic N) is 2. The minimum absolute atomic E-state index is 0.837. The zero-order valence-electron chi connectivity index (χ0n) is 28.0. The molecule has 0 aliphatic heterocycles. The molecule has 0 spiro atoms. The number of hydrogen-bond donors (Lipinski definition) is 0. The largest absolute Gasteiger partial charge is 0.372 e. The molecule has 0 fully saturated rings. The molecule has 0 saturated heterocycles. The Kier molecular flexibility index (Phi) is 11.0. The molecule has 0 unspecified atom stereocenters. The van der Waals surface area contributed by atoms with Gasteiger partial charge in [-0.2, -0.15) is 0 Å². The maximum atomic E-state index is 2.46. The quantitative estimate of drug-likeness (QED) is 0.118. The van der Waals surface area contributed by atoms with Crippen molar-refractivity contribution in [1.29, 1.82) is 0 Å². The van der Waals surface area contributed by atoms with Gasteiger partial charge in [-0.15, -0.1) is 0 Å². The first-order valence-electron chi connectivity index (χ1n) is 17.0. The molecule has 2 heteroatoms. The molecule has 0 saturated carbocycles. The van der Waals surface area contributed by atoms with Crippen molar-refractivity contribution >= 4 is 22.5 Å². The van der Waals surface area contributed by atoms with Gasteiger partial charge < -0.3 is 9.80 Å². The topological polar surface area (TPSA) is 6.48 Å². The van der Waals surface area contributed by atoms with Crippen molar-refractivity contribution in [3.63, 3.8) is 0 Å². The smallest absolute Gasteiger partial charge is 0.0433 e. The third-order valence-corrected chi connectivity index (χ3v) is 8.85. The molecule has 6 aromatic carbocycles. The van der Waals surface area contributed by atoms with Crippen molar-refractivity contribution in [3.8, 4) is 0 Å². The summed E-state index contributed by atoms with van der Waals surface area (Å²) >= 11 is 0. The lowest BCUT2D eigenvalue weighted by Gasteiger charge is -2.26. The van der Waals surface area contributed by atoms with Gasteiger partial charge in [0.1, 0.15) is 0 Å². The number of rotatable bonds is 13. The molecule has 6 rings (SSSR count). The third-order valence-electron chi connectivity index (χ3n) is 8.85. The third kappa shape index (κ3) is 8.21. The van der Waals surface area contributed by atoms with E-state index in [1.165, 1.54) is 55.9 Å². The molecule has 0 radical (unpaired) electrons. The molecule has 238 valence electrons. The van der Waals surface area contributed by atoms with Crippen LogP contribution in [0.1, 0.15) is 47.2 Å². The summed E-state index contributed by atoms with van der Waals surface area (Å²) in [5, 5.41) is 0. The van der Waals surface area contributed by atoms with Crippen molar-refractivity contribution in [2.45, 2.75) is 26.9 Å². The molecule has 0 amide bonds. The van der Waals surface area contributed by atoms with Gasteiger partial charge in [-0.3, -0.25) is 0 Å². The van der Waals surface area contributed by atoms with Crippen molar-refractivity contribution in [2.75, 3.05) is 22.9 Å².